The average Bonchev–Trinajstić information content (AvgIpc) is 2.77. The maximum atomic E-state index is 14.2. The number of halogens is 3. The molecule has 164 valence electrons. The molecule has 2 bridgehead atoms. The molecule has 4 aliphatic rings. The number of ether oxygens (including phenoxy) is 2. The molecular formula is C23H23F3N2O3. The lowest BCUT2D eigenvalue weighted by Gasteiger charge is -2.44. The molecule has 2 aromatic carbocycles. The van der Waals surface area contributed by atoms with Gasteiger partial charge in [-0.25, -0.2) is 18.0 Å². The van der Waals surface area contributed by atoms with E-state index in [4.69, 9.17) is 9.47 Å². The van der Waals surface area contributed by atoms with Crippen LogP contribution in [0.15, 0.2) is 30.3 Å². The Morgan fingerprint density at radius 1 is 1.03 bits per heavy atom. The van der Waals surface area contributed by atoms with Gasteiger partial charge in [0.1, 0.15) is 17.7 Å². The summed E-state index contributed by atoms with van der Waals surface area (Å²) in [6.45, 7) is 3.29. The van der Waals surface area contributed by atoms with Crippen LogP contribution in [0.25, 0.3) is 11.1 Å². The van der Waals surface area contributed by atoms with Crippen molar-refractivity contribution in [2.45, 2.75) is 31.4 Å². The number of fused-ring (bicyclic) bond motifs is 4. The third-order valence-corrected chi connectivity index (χ3v) is 6.52. The molecule has 0 aliphatic carbocycles. The molecule has 0 saturated carbocycles. The first kappa shape index (κ1) is 20.2. The van der Waals surface area contributed by atoms with E-state index in [1.807, 2.05) is 0 Å². The monoisotopic (exact) mass is 432 g/mol. The van der Waals surface area contributed by atoms with Gasteiger partial charge in [-0.15, -0.1) is 0 Å². The van der Waals surface area contributed by atoms with Crippen LogP contribution in [0.1, 0.15) is 30.9 Å². The van der Waals surface area contributed by atoms with Crippen LogP contribution in [0, 0.1) is 23.4 Å². The molecule has 1 unspecified atom stereocenters. The van der Waals surface area contributed by atoms with Gasteiger partial charge >= 0.3 is 6.09 Å². The summed E-state index contributed by atoms with van der Waals surface area (Å²) in [6, 6.07) is 5.95. The van der Waals surface area contributed by atoms with Crippen molar-refractivity contribution < 1.29 is 27.4 Å². The van der Waals surface area contributed by atoms with Crippen LogP contribution in [-0.2, 0) is 4.74 Å². The van der Waals surface area contributed by atoms with Crippen molar-refractivity contribution >= 4 is 6.09 Å². The number of nitrogens with zero attached hydrogens (tertiary/aromatic N) is 1. The first-order chi connectivity index (χ1) is 15.0. The fourth-order valence-electron chi connectivity index (χ4n) is 4.81. The highest BCUT2D eigenvalue weighted by Crippen LogP contribution is 2.37. The molecule has 8 heteroatoms. The second-order valence-electron chi connectivity index (χ2n) is 8.41. The zero-order valence-electron chi connectivity index (χ0n) is 16.9. The lowest BCUT2D eigenvalue weighted by atomic mass is 9.86. The highest BCUT2D eigenvalue weighted by molar-refractivity contribution is 5.70. The molecule has 4 aliphatic heterocycles. The maximum absolute atomic E-state index is 14.2. The first-order valence-corrected chi connectivity index (χ1v) is 10.6. The lowest BCUT2D eigenvalue weighted by molar-refractivity contribution is -0.0342. The molecule has 31 heavy (non-hydrogen) atoms. The normalized spacial score (nSPS) is 26.7. The van der Waals surface area contributed by atoms with Crippen molar-refractivity contribution in [1.29, 1.82) is 0 Å². The molecule has 0 spiro atoms. The van der Waals surface area contributed by atoms with E-state index in [0.29, 0.717) is 36.3 Å². The summed E-state index contributed by atoms with van der Waals surface area (Å²) in [5.74, 6) is -2.32. The van der Waals surface area contributed by atoms with Crippen molar-refractivity contribution in [3.8, 4) is 16.9 Å². The second kappa shape index (κ2) is 8.07. The Labute approximate surface area is 178 Å². The number of carbonyl (C=O) groups is 1. The quantitative estimate of drug-likeness (QED) is 0.730. The summed E-state index contributed by atoms with van der Waals surface area (Å²) in [5.41, 5.74) is 1.05. The third kappa shape index (κ3) is 3.96. The van der Waals surface area contributed by atoms with Crippen molar-refractivity contribution in [3.05, 3.63) is 53.3 Å². The van der Waals surface area contributed by atoms with E-state index >= 15 is 0 Å². The van der Waals surface area contributed by atoms with Crippen LogP contribution < -0.4 is 10.1 Å². The summed E-state index contributed by atoms with van der Waals surface area (Å²) < 4.78 is 52.4. The number of hydrogen-bond acceptors (Lipinski definition) is 4. The minimum Gasteiger partial charge on any atom is -0.493 e. The van der Waals surface area contributed by atoms with Crippen molar-refractivity contribution in [1.82, 2.24) is 10.2 Å². The van der Waals surface area contributed by atoms with Gasteiger partial charge in [-0.1, -0.05) is 12.1 Å². The molecule has 3 fully saturated rings. The molecule has 3 saturated heterocycles. The summed E-state index contributed by atoms with van der Waals surface area (Å²) in [4.78, 5) is 14.9. The fourth-order valence-corrected chi connectivity index (χ4v) is 4.81. The number of amides is 1. The highest BCUT2D eigenvalue weighted by atomic mass is 19.2. The van der Waals surface area contributed by atoms with Crippen LogP contribution >= 0.6 is 0 Å². The fraction of sp³-hybridized carbons (Fsp3) is 0.435. The Bertz CT molecular complexity index is 1010. The van der Waals surface area contributed by atoms with E-state index < -0.39 is 23.5 Å². The van der Waals surface area contributed by atoms with Gasteiger partial charge in [0.05, 0.1) is 12.6 Å². The molecular weight excluding hydrogens is 409 g/mol. The molecule has 5 nitrogen and oxygen atoms in total. The summed E-state index contributed by atoms with van der Waals surface area (Å²) in [6.07, 6.45) is 2.15. The predicted octanol–water partition coefficient (Wildman–Crippen LogP) is 4.41. The van der Waals surface area contributed by atoms with Crippen LogP contribution in [0.2, 0.25) is 0 Å². The molecule has 6 rings (SSSR count). The van der Waals surface area contributed by atoms with Gasteiger partial charge in [-0.2, -0.15) is 0 Å². The number of piperidine rings is 3. The van der Waals surface area contributed by atoms with E-state index in [0.717, 1.165) is 44.1 Å². The van der Waals surface area contributed by atoms with Gasteiger partial charge in [-0.3, -0.25) is 4.90 Å². The summed E-state index contributed by atoms with van der Waals surface area (Å²) >= 11 is 0. The van der Waals surface area contributed by atoms with Gasteiger partial charge in [0, 0.05) is 30.2 Å². The van der Waals surface area contributed by atoms with Crippen LogP contribution in [0.4, 0.5) is 18.0 Å². The highest BCUT2D eigenvalue weighted by Gasteiger charge is 2.37. The second-order valence-corrected chi connectivity index (χ2v) is 8.41. The molecule has 0 aromatic heterocycles. The third-order valence-electron chi connectivity index (χ3n) is 6.52. The van der Waals surface area contributed by atoms with Crippen molar-refractivity contribution in [2.75, 3.05) is 26.2 Å². The lowest BCUT2D eigenvalue weighted by Crippen LogP contribution is -2.52. The number of alkyl carbamates (subject to hydrolysis) is 1. The van der Waals surface area contributed by atoms with E-state index in [-0.39, 0.29) is 17.7 Å². The Balaban J connectivity index is 1.31. The average molecular weight is 432 g/mol. The topological polar surface area (TPSA) is 50.8 Å². The molecule has 2 atom stereocenters. The van der Waals surface area contributed by atoms with Gasteiger partial charge in [-0.05, 0) is 49.5 Å². The van der Waals surface area contributed by atoms with E-state index in [1.165, 1.54) is 0 Å². The Hall–Kier alpha value is -2.74. The zero-order chi connectivity index (χ0) is 21.5. The predicted molar refractivity (Wildman–Crippen MR) is 107 cm³/mol. The molecule has 4 heterocycles. The first-order valence-electron chi connectivity index (χ1n) is 10.6. The molecule has 2 aromatic rings. The SMILES string of the molecule is O=C(NC1CCOc2cc(-c3cc(F)c(F)cc3F)ccc21)O[C@H]1CN2CCC1CC2. The number of carbonyl (C=O) groups excluding carboxylic acids is 1. The minimum absolute atomic E-state index is 0.0536. The zero-order valence-corrected chi connectivity index (χ0v) is 16.9. The minimum atomic E-state index is -1.23. The Morgan fingerprint density at radius 2 is 1.81 bits per heavy atom. The smallest absolute Gasteiger partial charge is 0.407 e. The Morgan fingerprint density at radius 3 is 2.55 bits per heavy atom. The van der Waals surface area contributed by atoms with Gasteiger partial charge in [0.25, 0.3) is 0 Å². The van der Waals surface area contributed by atoms with Gasteiger partial charge in [0.15, 0.2) is 11.6 Å². The molecule has 0 radical (unpaired) electrons. The summed E-state index contributed by atoms with van der Waals surface area (Å²) in [5, 5.41) is 2.93. The number of rotatable bonds is 3. The maximum Gasteiger partial charge on any atom is 0.407 e. The van der Waals surface area contributed by atoms with Crippen LogP contribution in [0.5, 0.6) is 5.75 Å². The van der Waals surface area contributed by atoms with E-state index in [1.54, 1.807) is 18.2 Å². The molecule has 1 amide bonds. The number of hydrogen-bond donors (Lipinski definition) is 1. The Kier molecular flexibility index (Phi) is 5.25. The summed E-state index contributed by atoms with van der Waals surface area (Å²) in [7, 11) is 0. The largest absolute Gasteiger partial charge is 0.493 e. The molecule has 1 N–H and O–H groups in total. The van der Waals surface area contributed by atoms with Crippen molar-refractivity contribution in [3.63, 3.8) is 0 Å². The number of nitrogens with one attached hydrogen (secondary N) is 1. The standard InChI is InChI=1S/C23H23F3N2O3/c24-17-11-19(26)18(25)10-16(17)14-1-2-15-20(5-8-30-21(15)9-14)27-23(29)31-22-12-28-6-3-13(22)4-7-28/h1-2,9-11,13,20,22H,3-8,12H2,(H,27,29)/t20?,22-/m0/s1. The van der Waals surface area contributed by atoms with E-state index in [9.17, 15) is 18.0 Å². The van der Waals surface area contributed by atoms with Gasteiger partial charge < -0.3 is 14.8 Å². The van der Waals surface area contributed by atoms with Crippen molar-refractivity contribution in [2.24, 2.45) is 5.92 Å². The van der Waals surface area contributed by atoms with E-state index in [2.05, 4.69) is 10.2 Å². The van der Waals surface area contributed by atoms with Gasteiger partial charge in [0.2, 0.25) is 0 Å². The number of benzene rings is 2. The van der Waals surface area contributed by atoms with Crippen LogP contribution in [-0.4, -0.2) is 43.3 Å². The van der Waals surface area contributed by atoms with Crippen LogP contribution in [0.3, 0.4) is 0 Å².